The largest absolute Gasteiger partial charge is 0.365 e. The van der Waals surface area contributed by atoms with Gasteiger partial charge in [0.25, 0.3) is 5.91 Å². The van der Waals surface area contributed by atoms with Crippen molar-refractivity contribution in [2.45, 2.75) is 32.6 Å². The van der Waals surface area contributed by atoms with E-state index < -0.39 is 11.9 Å². The number of benzene rings is 2. The molecule has 1 aromatic heterocycles. The molecule has 0 unspecified atom stereocenters. The van der Waals surface area contributed by atoms with E-state index in [1.807, 2.05) is 24.3 Å². The van der Waals surface area contributed by atoms with Crippen molar-refractivity contribution in [3.8, 4) is 16.8 Å². The molecule has 0 saturated heterocycles. The predicted molar refractivity (Wildman–Crippen MR) is 114 cm³/mol. The summed E-state index contributed by atoms with van der Waals surface area (Å²) in [6.07, 6.45) is 6.27. The third kappa shape index (κ3) is 5.01. The van der Waals surface area contributed by atoms with Crippen LogP contribution in [-0.4, -0.2) is 21.7 Å². The Morgan fingerprint density at radius 3 is 2.14 bits per heavy atom. The van der Waals surface area contributed by atoms with Crippen molar-refractivity contribution >= 4 is 17.8 Å². The zero-order chi connectivity index (χ0) is 20.8. The van der Waals surface area contributed by atoms with Gasteiger partial charge in [0, 0.05) is 6.20 Å². The first kappa shape index (κ1) is 20.1. The van der Waals surface area contributed by atoms with Gasteiger partial charge in [-0.3, -0.25) is 10.1 Å². The molecule has 1 heterocycles. The van der Waals surface area contributed by atoms with Crippen LogP contribution < -0.4 is 16.8 Å². The molecule has 7 heteroatoms. The second kappa shape index (κ2) is 9.05. The van der Waals surface area contributed by atoms with Crippen LogP contribution >= 0.6 is 0 Å². The summed E-state index contributed by atoms with van der Waals surface area (Å²) in [5.74, 6) is -0.664. The lowest BCUT2D eigenvalue weighted by Crippen LogP contribution is -2.22. The first-order valence-electron chi connectivity index (χ1n) is 9.63. The summed E-state index contributed by atoms with van der Waals surface area (Å²) in [6, 6.07) is 15.5. The number of carbonyl (C=O) groups excluding carboxylic acids is 2. The van der Waals surface area contributed by atoms with E-state index in [1.54, 1.807) is 0 Å². The minimum absolute atomic E-state index is 0.0349. The van der Waals surface area contributed by atoms with Gasteiger partial charge in [-0.2, -0.15) is 0 Å². The van der Waals surface area contributed by atoms with Crippen LogP contribution in [0.4, 0.5) is 10.6 Å². The summed E-state index contributed by atoms with van der Waals surface area (Å²) in [5, 5.41) is 6.51. The van der Waals surface area contributed by atoms with Crippen LogP contribution in [0.5, 0.6) is 0 Å². The van der Waals surface area contributed by atoms with Crippen molar-refractivity contribution in [1.82, 2.24) is 9.78 Å². The van der Waals surface area contributed by atoms with Gasteiger partial charge in [-0.15, -0.1) is 5.10 Å². The lowest BCUT2D eigenvalue weighted by molar-refractivity contribution is 0.100. The molecule has 3 aromatic rings. The number of amides is 3. The van der Waals surface area contributed by atoms with Crippen molar-refractivity contribution in [1.29, 1.82) is 0 Å². The molecule has 5 N–H and O–H groups in total. The van der Waals surface area contributed by atoms with E-state index in [0.717, 1.165) is 23.2 Å². The predicted octanol–water partition coefficient (Wildman–Crippen LogP) is 3.86. The Bertz CT molecular complexity index is 991. The zero-order valence-electron chi connectivity index (χ0n) is 16.4. The summed E-state index contributed by atoms with van der Waals surface area (Å²) in [4.78, 5) is 22.7. The molecule has 0 atom stereocenters. The lowest BCUT2D eigenvalue weighted by Gasteiger charge is -2.06. The molecule has 150 valence electrons. The first-order chi connectivity index (χ1) is 14.0. The van der Waals surface area contributed by atoms with Gasteiger partial charge in [-0.25, -0.2) is 9.48 Å². The highest BCUT2D eigenvalue weighted by Crippen LogP contribution is 2.23. The molecule has 0 radical (unpaired) electrons. The Hall–Kier alpha value is -3.61. The SMILES string of the molecule is CCCCCc1ccc(-c2ccc(-n3cc(C(N)=O)c(NC(N)=O)n3)cc2)cc1. The first-order valence-corrected chi connectivity index (χ1v) is 9.63. The Balaban J connectivity index is 1.78. The Kier molecular flexibility index (Phi) is 6.29. The third-order valence-electron chi connectivity index (χ3n) is 4.71. The molecular weight excluding hydrogens is 366 g/mol. The molecule has 0 aliphatic rings. The smallest absolute Gasteiger partial charge is 0.317 e. The molecule has 3 rings (SSSR count). The average molecular weight is 391 g/mol. The fourth-order valence-electron chi connectivity index (χ4n) is 3.15. The fraction of sp³-hybridized carbons (Fsp3) is 0.227. The number of nitrogens with zero attached hydrogens (tertiary/aromatic N) is 2. The van der Waals surface area contributed by atoms with Gasteiger partial charge in [0.05, 0.1) is 5.69 Å². The highest BCUT2D eigenvalue weighted by atomic mass is 16.2. The van der Waals surface area contributed by atoms with E-state index in [9.17, 15) is 9.59 Å². The molecule has 7 nitrogen and oxygen atoms in total. The van der Waals surface area contributed by atoms with Crippen LogP contribution in [0.3, 0.4) is 0 Å². The molecule has 3 amide bonds. The molecular formula is C22H25N5O2. The number of hydrogen-bond acceptors (Lipinski definition) is 3. The maximum Gasteiger partial charge on any atom is 0.317 e. The van der Waals surface area contributed by atoms with E-state index >= 15 is 0 Å². The fourth-order valence-corrected chi connectivity index (χ4v) is 3.15. The summed E-state index contributed by atoms with van der Waals surface area (Å²) in [7, 11) is 0. The maximum atomic E-state index is 11.6. The third-order valence-corrected chi connectivity index (χ3v) is 4.71. The van der Waals surface area contributed by atoms with Crippen molar-refractivity contribution in [2.24, 2.45) is 11.5 Å². The van der Waals surface area contributed by atoms with Gasteiger partial charge in [0.1, 0.15) is 5.56 Å². The number of unbranched alkanes of at least 4 members (excludes halogenated alkanes) is 2. The number of nitrogens with two attached hydrogens (primary N) is 2. The topological polar surface area (TPSA) is 116 Å². The van der Waals surface area contributed by atoms with Gasteiger partial charge >= 0.3 is 6.03 Å². The molecule has 2 aromatic carbocycles. The normalized spacial score (nSPS) is 10.7. The van der Waals surface area contributed by atoms with Crippen molar-refractivity contribution < 1.29 is 9.59 Å². The van der Waals surface area contributed by atoms with E-state index in [2.05, 4.69) is 41.6 Å². The number of nitrogens with one attached hydrogen (secondary N) is 1. The van der Waals surface area contributed by atoms with E-state index in [1.165, 1.54) is 35.7 Å². The van der Waals surface area contributed by atoms with Crippen molar-refractivity contribution in [2.75, 3.05) is 5.32 Å². The Morgan fingerprint density at radius 1 is 0.966 bits per heavy atom. The number of primary amides is 2. The quantitative estimate of drug-likeness (QED) is 0.506. The summed E-state index contributed by atoms with van der Waals surface area (Å²) in [6.45, 7) is 2.21. The van der Waals surface area contributed by atoms with Crippen LogP contribution in [0.25, 0.3) is 16.8 Å². The number of rotatable bonds is 8. The van der Waals surface area contributed by atoms with E-state index in [4.69, 9.17) is 11.5 Å². The van der Waals surface area contributed by atoms with Gasteiger partial charge in [-0.05, 0) is 41.7 Å². The molecule has 0 aliphatic heterocycles. The monoisotopic (exact) mass is 391 g/mol. The molecule has 0 fully saturated rings. The summed E-state index contributed by atoms with van der Waals surface area (Å²) < 4.78 is 1.48. The number of urea groups is 1. The number of anilines is 1. The van der Waals surface area contributed by atoms with Gasteiger partial charge in [0.15, 0.2) is 5.82 Å². The summed E-state index contributed by atoms with van der Waals surface area (Å²) in [5.41, 5.74) is 14.8. The Morgan fingerprint density at radius 2 is 1.59 bits per heavy atom. The van der Waals surface area contributed by atoms with Crippen LogP contribution in [-0.2, 0) is 6.42 Å². The lowest BCUT2D eigenvalue weighted by atomic mass is 10.0. The molecule has 0 bridgehead atoms. The Labute approximate surface area is 169 Å². The minimum atomic E-state index is -0.814. The van der Waals surface area contributed by atoms with Crippen molar-refractivity contribution in [3.63, 3.8) is 0 Å². The van der Waals surface area contributed by atoms with Crippen LogP contribution in [0.15, 0.2) is 54.7 Å². The average Bonchev–Trinajstić information content (AvgIpc) is 3.12. The van der Waals surface area contributed by atoms with E-state index in [-0.39, 0.29) is 11.4 Å². The second-order valence-corrected chi connectivity index (χ2v) is 6.89. The molecule has 0 saturated carbocycles. The number of carbonyl (C=O) groups is 2. The highest BCUT2D eigenvalue weighted by molar-refractivity contribution is 6.01. The molecule has 0 aliphatic carbocycles. The maximum absolute atomic E-state index is 11.6. The van der Waals surface area contributed by atoms with Crippen molar-refractivity contribution in [3.05, 3.63) is 65.9 Å². The van der Waals surface area contributed by atoms with Crippen LogP contribution in [0.1, 0.15) is 42.1 Å². The van der Waals surface area contributed by atoms with Gasteiger partial charge < -0.3 is 11.5 Å². The van der Waals surface area contributed by atoms with Gasteiger partial charge in [0.2, 0.25) is 0 Å². The van der Waals surface area contributed by atoms with Gasteiger partial charge in [-0.1, -0.05) is 56.2 Å². The van der Waals surface area contributed by atoms with E-state index in [0.29, 0.717) is 0 Å². The minimum Gasteiger partial charge on any atom is -0.365 e. The number of aromatic nitrogens is 2. The second-order valence-electron chi connectivity index (χ2n) is 6.89. The summed E-state index contributed by atoms with van der Waals surface area (Å²) >= 11 is 0. The molecule has 29 heavy (non-hydrogen) atoms. The van der Waals surface area contributed by atoms with Crippen LogP contribution in [0, 0.1) is 0 Å². The van der Waals surface area contributed by atoms with Crippen LogP contribution in [0.2, 0.25) is 0 Å². The highest BCUT2D eigenvalue weighted by Gasteiger charge is 2.16. The molecule has 0 spiro atoms. The standard InChI is InChI=1S/C22H25N5O2/c1-2-3-4-5-15-6-8-16(9-7-15)17-10-12-18(13-11-17)27-14-19(20(23)28)21(26-27)25-22(24)29/h6-14H,2-5H2,1H3,(H2,23,28)(H3,24,25,26,29). The zero-order valence-corrected chi connectivity index (χ0v) is 16.4. The number of hydrogen-bond donors (Lipinski definition) is 3. The number of aryl methyl sites for hydroxylation is 1.